The normalized spacial score (nSPS) is 18.4. The molecule has 25 heavy (non-hydrogen) atoms. The molecule has 1 aliphatic heterocycles. The summed E-state index contributed by atoms with van der Waals surface area (Å²) in [5.74, 6) is -0.789. The summed E-state index contributed by atoms with van der Waals surface area (Å²) < 4.78 is 5.72. The largest absolute Gasteiger partial charge is 0.480 e. The number of amides is 1. The van der Waals surface area contributed by atoms with Crippen LogP contribution in [0.25, 0.3) is 0 Å². The van der Waals surface area contributed by atoms with Gasteiger partial charge in [0.05, 0.1) is 24.7 Å². The van der Waals surface area contributed by atoms with Crippen LogP contribution in [0.2, 0.25) is 0 Å². The number of ether oxygens (including phenoxy) is 1. The van der Waals surface area contributed by atoms with Crippen molar-refractivity contribution in [3.05, 3.63) is 35.4 Å². The van der Waals surface area contributed by atoms with Crippen molar-refractivity contribution in [1.82, 2.24) is 9.80 Å². The van der Waals surface area contributed by atoms with Crippen molar-refractivity contribution in [3.63, 3.8) is 0 Å². The van der Waals surface area contributed by atoms with Gasteiger partial charge in [-0.15, -0.1) is 0 Å². The van der Waals surface area contributed by atoms with E-state index in [4.69, 9.17) is 9.84 Å². The summed E-state index contributed by atoms with van der Waals surface area (Å²) in [6.07, 6.45) is -0.172. The van der Waals surface area contributed by atoms with E-state index in [1.165, 1.54) is 0 Å². The van der Waals surface area contributed by atoms with Gasteiger partial charge in [0.1, 0.15) is 0 Å². The van der Waals surface area contributed by atoms with E-state index in [-0.39, 0.29) is 18.6 Å². The lowest BCUT2D eigenvalue weighted by molar-refractivity contribution is -0.146. The molecule has 2 rings (SSSR count). The van der Waals surface area contributed by atoms with E-state index in [9.17, 15) is 9.59 Å². The molecule has 1 amide bonds. The number of aryl methyl sites for hydroxylation is 1. The van der Waals surface area contributed by atoms with Crippen LogP contribution in [0.5, 0.6) is 0 Å². The number of carboxylic acid groups (broad SMARTS) is 1. The molecular formula is C19H28N2O4. The summed E-state index contributed by atoms with van der Waals surface area (Å²) >= 11 is 0. The molecule has 1 aliphatic rings. The van der Waals surface area contributed by atoms with Crippen LogP contribution in [-0.2, 0) is 19.7 Å². The number of hydrogen-bond donors (Lipinski definition) is 1. The molecule has 1 unspecified atom stereocenters. The van der Waals surface area contributed by atoms with E-state index < -0.39 is 11.4 Å². The molecule has 1 saturated heterocycles. The van der Waals surface area contributed by atoms with Gasteiger partial charge in [0.25, 0.3) is 0 Å². The standard InChI is InChI=1S/C19H28N2O4/c1-14-7-5-6-8-16(14)19(2,3)18(24)21-9-10-25-15(12-21)11-20(4)13-17(22)23/h5-8,15H,9-13H2,1-4H3,(H,22,23). The highest BCUT2D eigenvalue weighted by Crippen LogP contribution is 2.29. The van der Waals surface area contributed by atoms with E-state index in [2.05, 4.69) is 0 Å². The summed E-state index contributed by atoms with van der Waals surface area (Å²) in [5, 5.41) is 8.87. The monoisotopic (exact) mass is 348 g/mol. The van der Waals surface area contributed by atoms with Gasteiger partial charge in [-0.05, 0) is 38.9 Å². The van der Waals surface area contributed by atoms with Gasteiger partial charge >= 0.3 is 5.97 Å². The van der Waals surface area contributed by atoms with Crippen molar-refractivity contribution in [2.45, 2.75) is 32.3 Å². The van der Waals surface area contributed by atoms with Crippen LogP contribution in [0.1, 0.15) is 25.0 Å². The van der Waals surface area contributed by atoms with Crippen LogP contribution in [0.4, 0.5) is 0 Å². The number of benzene rings is 1. The zero-order valence-electron chi connectivity index (χ0n) is 15.5. The van der Waals surface area contributed by atoms with E-state index >= 15 is 0 Å². The first-order valence-electron chi connectivity index (χ1n) is 8.59. The second-order valence-corrected chi connectivity index (χ2v) is 7.27. The van der Waals surface area contributed by atoms with E-state index in [0.717, 1.165) is 11.1 Å². The minimum atomic E-state index is -0.869. The Morgan fingerprint density at radius 1 is 1.36 bits per heavy atom. The van der Waals surface area contributed by atoms with Crippen LogP contribution in [0.3, 0.4) is 0 Å². The Morgan fingerprint density at radius 3 is 2.68 bits per heavy atom. The first kappa shape index (κ1) is 19.4. The highest BCUT2D eigenvalue weighted by Gasteiger charge is 2.37. The fourth-order valence-electron chi connectivity index (χ4n) is 3.44. The SMILES string of the molecule is Cc1ccccc1C(C)(C)C(=O)N1CCOC(CN(C)CC(=O)O)C1. The number of carbonyl (C=O) groups is 2. The molecule has 138 valence electrons. The molecule has 0 saturated carbocycles. The van der Waals surface area contributed by atoms with Gasteiger partial charge in [0.15, 0.2) is 0 Å². The number of rotatable bonds is 6. The molecule has 0 aliphatic carbocycles. The maximum Gasteiger partial charge on any atom is 0.317 e. The number of carbonyl (C=O) groups excluding carboxylic acids is 1. The second kappa shape index (κ2) is 7.97. The zero-order chi connectivity index (χ0) is 18.6. The summed E-state index contributed by atoms with van der Waals surface area (Å²) in [4.78, 5) is 27.5. The summed E-state index contributed by atoms with van der Waals surface area (Å²) in [7, 11) is 1.75. The Morgan fingerprint density at radius 2 is 2.04 bits per heavy atom. The van der Waals surface area contributed by atoms with Crippen LogP contribution in [0.15, 0.2) is 24.3 Å². The topological polar surface area (TPSA) is 70.1 Å². The molecule has 6 nitrogen and oxygen atoms in total. The average molecular weight is 348 g/mol. The molecule has 1 aromatic carbocycles. The van der Waals surface area contributed by atoms with Crippen molar-refractivity contribution in [2.24, 2.45) is 0 Å². The van der Waals surface area contributed by atoms with Crippen molar-refractivity contribution in [3.8, 4) is 0 Å². The highest BCUT2D eigenvalue weighted by atomic mass is 16.5. The molecule has 1 atom stereocenters. The average Bonchev–Trinajstić information content (AvgIpc) is 2.53. The molecule has 0 aromatic heterocycles. The Bertz CT molecular complexity index is 630. The van der Waals surface area contributed by atoms with Gasteiger partial charge in [-0.2, -0.15) is 0 Å². The molecule has 1 aromatic rings. The van der Waals surface area contributed by atoms with E-state index in [1.807, 2.05) is 49.9 Å². The van der Waals surface area contributed by atoms with Crippen molar-refractivity contribution in [1.29, 1.82) is 0 Å². The van der Waals surface area contributed by atoms with Crippen LogP contribution >= 0.6 is 0 Å². The fraction of sp³-hybridized carbons (Fsp3) is 0.579. The predicted molar refractivity (Wildman–Crippen MR) is 95.7 cm³/mol. The van der Waals surface area contributed by atoms with Gasteiger partial charge in [-0.3, -0.25) is 14.5 Å². The minimum Gasteiger partial charge on any atom is -0.480 e. The quantitative estimate of drug-likeness (QED) is 0.844. The van der Waals surface area contributed by atoms with Crippen molar-refractivity contribution in [2.75, 3.05) is 39.8 Å². The van der Waals surface area contributed by atoms with Gasteiger partial charge in [0, 0.05) is 19.6 Å². The highest BCUT2D eigenvalue weighted by molar-refractivity contribution is 5.88. The van der Waals surface area contributed by atoms with Gasteiger partial charge < -0.3 is 14.7 Å². The Kier molecular flexibility index (Phi) is 6.19. The molecule has 1 fully saturated rings. The molecule has 0 spiro atoms. The second-order valence-electron chi connectivity index (χ2n) is 7.27. The molecule has 6 heteroatoms. The molecule has 0 bridgehead atoms. The maximum atomic E-state index is 13.1. The van der Waals surface area contributed by atoms with Crippen molar-refractivity contribution < 1.29 is 19.4 Å². The van der Waals surface area contributed by atoms with Gasteiger partial charge in [-0.25, -0.2) is 0 Å². The van der Waals surface area contributed by atoms with E-state index in [0.29, 0.717) is 26.2 Å². The predicted octanol–water partition coefficient (Wildman–Crippen LogP) is 1.52. The minimum absolute atomic E-state index is 0.0392. The first-order valence-corrected chi connectivity index (χ1v) is 8.59. The van der Waals surface area contributed by atoms with Gasteiger partial charge in [-0.1, -0.05) is 24.3 Å². The molecule has 1 N–H and O–H groups in total. The third-order valence-corrected chi connectivity index (χ3v) is 4.70. The number of nitrogens with zero attached hydrogens (tertiary/aromatic N) is 2. The number of morpholine rings is 1. The van der Waals surface area contributed by atoms with E-state index in [1.54, 1.807) is 11.9 Å². The zero-order valence-corrected chi connectivity index (χ0v) is 15.5. The van der Waals surface area contributed by atoms with Crippen LogP contribution in [0, 0.1) is 6.92 Å². The first-order chi connectivity index (χ1) is 11.7. The maximum absolute atomic E-state index is 13.1. The Labute approximate surface area is 149 Å². The lowest BCUT2D eigenvalue weighted by atomic mass is 9.80. The lowest BCUT2D eigenvalue weighted by Crippen LogP contribution is -2.53. The van der Waals surface area contributed by atoms with Crippen molar-refractivity contribution >= 4 is 11.9 Å². The number of aliphatic carboxylic acids is 1. The van der Waals surface area contributed by atoms with Crippen LogP contribution < -0.4 is 0 Å². The fourth-order valence-corrected chi connectivity index (χ4v) is 3.44. The smallest absolute Gasteiger partial charge is 0.317 e. The Balaban J connectivity index is 2.06. The molecule has 1 heterocycles. The summed E-state index contributed by atoms with van der Waals surface area (Å²) in [6.45, 7) is 7.90. The molecule has 0 radical (unpaired) electrons. The summed E-state index contributed by atoms with van der Waals surface area (Å²) in [5.41, 5.74) is 1.53. The van der Waals surface area contributed by atoms with Gasteiger partial charge in [0.2, 0.25) is 5.91 Å². The number of likely N-dealkylation sites (N-methyl/N-ethyl adjacent to an activating group) is 1. The number of carboxylic acids is 1. The third kappa shape index (κ3) is 4.80. The third-order valence-electron chi connectivity index (χ3n) is 4.70. The lowest BCUT2D eigenvalue weighted by Gasteiger charge is -2.39. The summed E-state index contributed by atoms with van der Waals surface area (Å²) in [6, 6.07) is 7.96. The van der Waals surface area contributed by atoms with Crippen LogP contribution in [-0.4, -0.2) is 72.7 Å². The number of hydrogen-bond acceptors (Lipinski definition) is 4. The molecular weight excluding hydrogens is 320 g/mol. The Hall–Kier alpha value is -1.92.